The molecule has 0 aromatic heterocycles. The molecule has 13 heavy (non-hydrogen) atoms. The van der Waals surface area contributed by atoms with Crippen LogP contribution in [0.15, 0.2) is 38.0 Å². The third-order valence-electron chi connectivity index (χ3n) is 2.11. The summed E-state index contributed by atoms with van der Waals surface area (Å²) in [6.45, 7) is 11.5. The minimum Gasteiger partial charge on any atom is -0.147 e. The van der Waals surface area contributed by atoms with Gasteiger partial charge in [0.1, 0.15) is 0 Å². The summed E-state index contributed by atoms with van der Waals surface area (Å²) in [5, 5.41) is 0. The molecule has 0 saturated carbocycles. The number of hydrogen-bond acceptors (Lipinski definition) is 0. The van der Waals surface area contributed by atoms with Crippen LogP contribution in [0.25, 0.3) is 0 Å². The second-order valence-electron chi connectivity index (χ2n) is 3.16. The van der Waals surface area contributed by atoms with Crippen molar-refractivity contribution in [1.29, 1.82) is 0 Å². The molecule has 0 aromatic rings. The number of hydrogen-bond donors (Lipinski definition) is 0. The Morgan fingerprint density at radius 1 is 0.923 bits per heavy atom. The van der Waals surface area contributed by atoms with Gasteiger partial charge in [-0.3, -0.25) is 0 Å². The molecular weight excluding hydrogens is 232 g/mol. The van der Waals surface area contributed by atoms with Crippen molar-refractivity contribution in [3.8, 4) is 0 Å². The van der Waals surface area contributed by atoms with Gasteiger partial charge in [-0.2, -0.15) is 0 Å². The topological polar surface area (TPSA) is 0 Å². The summed E-state index contributed by atoms with van der Waals surface area (Å²) in [4.78, 5) is 0. The zero-order chi connectivity index (χ0) is 9.45. The zero-order valence-corrected chi connectivity index (χ0v) is 11.5. The smallest absolute Gasteiger partial charge is 0.147 e. The van der Waals surface area contributed by atoms with Gasteiger partial charge in [-0.25, -0.2) is 0 Å². The van der Waals surface area contributed by atoms with Crippen LogP contribution >= 0.6 is 12.4 Å². The fourth-order valence-electron chi connectivity index (χ4n) is 1.39. The minimum atomic E-state index is -1.12. The van der Waals surface area contributed by atoms with E-state index in [0.717, 1.165) is 0 Å². The predicted molar refractivity (Wildman–Crippen MR) is 62.8 cm³/mol. The Bertz CT molecular complexity index is 142. The molecule has 0 spiro atoms. The van der Waals surface area contributed by atoms with Gasteiger partial charge in [0.05, 0.1) is 0 Å². The summed E-state index contributed by atoms with van der Waals surface area (Å²) in [5.74, 6) is 0. The summed E-state index contributed by atoms with van der Waals surface area (Å²) in [6.07, 6.45) is 6.17. The molecule has 0 radical (unpaired) electrons. The molecule has 0 N–H and O–H groups in total. The molecule has 0 bridgehead atoms. The van der Waals surface area contributed by atoms with Crippen LogP contribution in [0.3, 0.4) is 0 Å². The average Bonchev–Trinajstić information content (AvgIpc) is 2.06. The Labute approximate surface area is 101 Å². The molecule has 73 valence electrons. The maximum absolute atomic E-state index is 3.82. The van der Waals surface area contributed by atoms with Gasteiger partial charge >= 0.3 is 89.0 Å². The monoisotopic (exact) mass is 249 g/mol. The van der Waals surface area contributed by atoms with E-state index >= 15 is 0 Å². The van der Waals surface area contributed by atoms with Crippen molar-refractivity contribution in [3.63, 3.8) is 0 Å². The normalized spacial score (nSPS) is 9.77. The minimum absolute atomic E-state index is 0. The molecule has 0 aromatic carbocycles. The first kappa shape index (κ1) is 15.9. The van der Waals surface area contributed by atoms with E-state index in [-0.39, 0.29) is 12.4 Å². The molecule has 0 heterocycles. The van der Waals surface area contributed by atoms with Crippen molar-refractivity contribution in [1.82, 2.24) is 0 Å². The second-order valence-corrected chi connectivity index (χ2v) is 9.39. The van der Waals surface area contributed by atoms with Gasteiger partial charge in [0.2, 0.25) is 0 Å². The van der Waals surface area contributed by atoms with E-state index in [2.05, 4.69) is 58.4 Å². The van der Waals surface area contributed by atoms with Crippen molar-refractivity contribution < 1.29 is 20.4 Å². The Hall–Kier alpha value is 0.441. The Morgan fingerprint density at radius 2 is 1.23 bits per heavy atom. The van der Waals surface area contributed by atoms with Crippen LogP contribution in [0, 0.1) is 0 Å². The van der Waals surface area contributed by atoms with Crippen molar-refractivity contribution >= 4 is 20.5 Å². The summed E-state index contributed by atoms with van der Waals surface area (Å²) in [7, 11) is -1.12. The Balaban J connectivity index is 0. The third-order valence-corrected chi connectivity index (χ3v) is 9.83. The van der Waals surface area contributed by atoms with Crippen LogP contribution in [0.2, 0.25) is 22.5 Å². The van der Waals surface area contributed by atoms with Crippen molar-refractivity contribution in [3.05, 3.63) is 38.0 Å². The third kappa shape index (κ3) is 5.69. The van der Waals surface area contributed by atoms with Gasteiger partial charge in [0.15, 0.2) is 0 Å². The Kier molecular flexibility index (Phi) is 11.0. The summed E-state index contributed by atoms with van der Waals surface area (Å²) in [6, 6.07) is 3.59. The first-order chi connectivity index (χ1) is 5.74. The second kappa shape index (κ2) is 9.01. The molecule has 0 amide bonds. The number of allylic oxidation sites excluding steroid dienone is 3. The summed E-state index contributed by atoms with van der Waals surface area (Å²) in [5.41, 5.74) is 0. The van der Waals surface area contributed by atoms with Gasteiger partial charge in [0.25, 0.3) is 0 Å². The summed E-state index contributed by atoms with van der Waals surface area (Å²) >= 11 is 2.28. The van der Waals surface area contributed by atoms with E-state index < -0.39 is 8.07 Å². The van der Waals surface area contributed by atoms with Gasteiger partial charge in [-0.05, 0) is 0 Å². The molecule has 0 atom stereocenters. The first-order valence-electron chi connectivity index (χ1n) is 4.22. The van der Waals surface area contributed by atoms with Crippen molar-refractivity contribution in [2.24, 2.45) is 0 Å². The van der Waals surface area contributed by atoms with E-state index in [1.165, 1.54) is 22.5 Å². The van der Waals surface area contributed by atoms with E-state index in [1.807, 2.05) is 0 Å². The van der Waals surface area contributed by atoms with Crippen LogP contribution in [-0.4, -0.2) is 8.07 Å². The molecule has 3 heteroatoms. The van der Waals surface area contributed by atoms with Crippen molar-refractivity contribution in [2.45, 2.75) is 22.5 Å². The maximum atomic E-state index is 3.82. The van der Waals surface area contributed by atoms with E-state index in [9.17, 15) is 0 Å². The SMILES string of the molecule is C=CC[Si]([CH2][Ti])(CC=C)CC=C.Cl. The maximum Gasteiger partial charge on any atom is -0.147 e. The van der Waals surface area contributed by atoms with Crippen LogP contribution in [0.1, 0.15) is 0 Å². The molecule has 0 aliphatic carbocycles. The van der Waals surface area contributed by atoms with Crippen LogP contribution in [-0.2, 0) is 20.4 Å². The molecule has 0 unspecified atom stereocenters. The molecule has 0 aliphatic rings. The first-order valence-corrected chi connectivity index (χ1v) is 8.15. The number of rotatable bonds is 7. The fourth-order valence-corrected chi connectivity index (χ4v) is 6.18. The average molecular weight is 250 g/mol. The van der Waals surface area contributed by atoms with Crippen LogP contribution in [0.4, 0.5) is 0 Å². The number of halogens is 1. The molecule has 0 nitrogen and oxygen atoms in total. The fraction of sp³-hybridized carbons (Fsp3) is 0.400. The molecule has 0 rings (SSSR count). The van der Waals surface area contributed by atoms with Crippen LogP contribution < -0.4 is 0 Å². The predicted octanol–water partition coefficient (Wildman–Crippen LogP) is 3.92. The largest absolute Gasteiger partial charge is 0.147 e. The molecule has 0 fully saturated rings. The quantitative estimate of drug-likeness (QED) is 0.474. The van der Waals surface area contributed by atoms with E-state index in [4.69, 9.17) is 0 Å². The van der Waals surface area contributed by atoms with E-state index in [0.29, 0.717) is 0 Å². The standard InChI is InChI=1S/C10H17Si.ClH.Ti/c1-5-8-11(4,9-6-2)10-7-3;;/h5-7H,1-4,8-10H2;1H;. The van der Waals surface area contributed by atoms with Gasteiger partial charge in [-0.1, -0.05) is 0 Å². The van der Waals surface area contributed by atoms with E-state index in [1.54, 1.807) is 0 Å². The molecule has 0 saturated heterocycles. The molecular formula is C10H18ClSiTi. The van der Waals surface area contributed by atoms with Gasteiger partial charge in [0, 0.05) is 0 Å². The zero-order valence-electron chi connectivity index (χ0n) is 8.09. The summed E-state index contributed by atoms with van der Waals surface area (Å²) < 4.78 is 1.30. The Morgan fingerprint density at radius 3 is 1.38 bits per heavy atom. The molecule has 0 aliphatic heterocycles. The van der Waals surface area contributed by atoms with Gasteiger partial charge < -0.3 is 0 Å². The van der Waals surface area contributed by atoms with Gasteiger partial charge in [-0.15, -0.1) is 12.4 Å². The van der Waals surface area contributed by atoms with Crippen molar-refractivity contribution in [2.75, 3.05) is 0 Å². The van der Waals surface area contributed by atoms with Crippen LogP contribution in [0.5, 0.6) is 0 Å².